The van der Waals surface area contributed by atoms with E-state index in [0.29, 0.717) is 0 Å². The zero-order valence-electron chi connectivity index (χ0n) is 13.1. The molecular formula is C20H19N3. The highest BCUT2D eigenvalue weighted by atomic mass is 15.5. The van der Waals surface area contributed by atoms with Crippen LogP contribution in [-0.4, -0.2) is 13.3 Å². The summed E-state index contributed by atoms with van der Waals surface area (Å²) in [4.78, 5) is 0. The summed E-state index contributed by atoms with van der Waals surface area (Å²) in [7, 11) is 1.92. The lowest BCUT2D eigenvalue weighted by atomic mass is 10.2. The minimum atomic E-state index is 1.02. The quantitative estimate of drug-likeness (QED) is 0.536. The Morgan fingerprint density at radius 2 is 1.26 bits per heavy atom. The molecule has 0 saturated carbocycles. The van der Waals surface area contributed by atoms with Gasteiger partial charge in [0, 0.05) is 18.3 Å². The van der Waals surface area contributed by atoms with Crippen LogP contribution < -0.4 is 10.3 Å². The van der Waals surface area contributed by atoms with Crippen LogP contribution in [0.3, 0.4) is 0 Å². The normalized spacial score (nSPS) is 10.7. The molecule has 23 heavy (non-hydrogen) atoms. The van der Waals surface area contributed by atoms with E-state index in [9.17, 15) is 0 Å². The molecule has 0 aliphatic heterocycles. The molecule has 3 aromatic rings. The van der Waals surface area contributed by atoms with Crippen molar-refractivity contribution in [3.63, 3.8) is 0 Å². The maximum atomic E-state index is 4.71. The molecule has 3 aromatic carbocycles. The smallest absolute Gasteiger partial charge is 0.0652 e. The van der Waals surface area contributed by atoms with E-state index in [1.165, 1.54) is 0 Å². The van der Waals surface area contributed by atoms with Gasteiger partial charge in [-0.1, -0.05) is 54.6 Å². The summed E-state index contributed by atoms with van der Waals surface area (Å²) in [5, 5.41) is 9.84. The van der Waals surface area contributed by atoms with Gasteiger partial charge in [-0.2, -0.15) is 5.10 Å². The van der Waals surface area contributed by atoms with Crippen LogP contribution in [0.4, 0.5) is 17.1 Å². The standard InChI is InChI=1S/C20H19N3/c1-21-20-15-9-8-10-17(20)16-22-23(18-11-4-2-5-12-18)19-13-6-3-7-14-19/h2-16,21H,1H3. The van der Waals surface area contributed by atoms with Crippen molar-refractivity contribution >= 4 is 23.3 Å². The zero-order chi connectivity index (χ0) is 15.9. The third-order valence-corrected chi connectivity index (χ3v) is 3.54. The average molecular weight is 301 g/mol. The first-order chi connectivity index (χ1) is 11.4. The predicted octanol–water partition coefficient (Wildman–Crippen LogP) is 4.90. The number of anilines is 3. The molecule has 0 unspecified atom stereocenters. The van der Waals surface area contributed by atoms with Crippen LogP contribution in [0.2, 0.25) is 0 Å². The highest BCUT2D eigenvalue weighted by Gasteiger charge is 2.06. The van der Waals surface area contributed by atoms with E-state index in [1.807, 2.05) is 103 Å². The summed E-state index contributed by atoms with van der Waals surface area (Å²) in [5.74, 6) is 0. The van der Waals surface area contributed by atoms with Gasteiger partial charge >= 0.3 is 0 Å². The second kappa shape index (κ2) is 7.27. The molecule has 0 heterocycles. The van der Waals surface area contributed by atoms with E-state index in [4.69, 9.17) is 5.10 Å². The third-order valence-electron chi connectivity index (χ3n) is 3.54. The van der Waals surface area contributed by atoms with E-state index in [0.717, 1.165) is 22.6 Å². The summed E-state index contributed by atoms with van der Waals surface area (Å²) in [6.07, 6.45) is 1.88. The van der Waals surface area contributed by atoms with E-state index in [-0.39, 0.29) is 0 Å². The maximum Gasteiger partial charge on any atom is 0.0652 e. The third kappa shape index (κ3) is 3.58. The van der Waals surface area contributed by atoms with Crippen LogP contribution in [0.15, 0.2) is 90.0 Å². The summed E-state index contributed by atoms with van der Waals surface area (Å²) in [6.45, 7) is 0. The number of hydrogen-bond acceptors (Lipinski definition) is 3. The maximum absolute atomic E-state index is 4.71. The average Bonchev–Trinajstić information content (AvgIpc) is 2.64. The van der Waals surface area contributed by atoms with Crippen molar-refractivity contribution in [1.82, 2.24) is 0 Å². The lowest BCUT2D eigenvalue weighted by molar-refractivity contribution is 1.09. The van der Waals surface area contributed by atoms with Crippen LogP contribution in [0.25, 0.3) is 0 Å². The van der Waals surface area contributed by atoms with Crippen LogP contribution in [0, 0.1) is 0 Å². The predicted molar refractivity (Wildman–Crippen MR) is 98.6 cm³/mol. The Balaban J connectivity index is 1.98. The number of hydrogen-bond donors (Lipinski definition) is 1. The number of para-hydroxylation sites is 3. The molecule has 0 spiro atoms. The van der Waals surface area contributed by atoms with Crippen LogP contribution >= 0.6 is 0 Å². The fraction of sp³-hybridized carbons (Fsp3) is 0.0500. The van der Waals surface area contributed by atoms with Gasteiger partial charge in [0.2, 0.25) is 0 Å². The summed E-state index contributed by atoms with van der Waals surface area (Å²) in [6, 6.07) is 28.4. The van der Waals surface area contributed by atoms with Gasteiger partial charge in [0.15, 0.2) is 0 Å². The summed E-state index contributed by atoms with van der Waals surface area (Å²) >= 11 is 0. The molecule has 0 fully saturated rings. The Labute approximate surface area is 136 Å². The molecule has 114 valence electrons. The van der Waals surface area contributed by atoms with Crippen molar-refractivity contribution in [3.05, 3.63) is 90.5 Å². The molecule has 0 aliphatic rings. The van der Waals surface area contributed by atoms with Gasteiger partial charge in [0.05, 0.1) is 17.6 Å². The first-order valence-corrected chi connectivity index (χ1v) is 7.59. The monoisotopic (exact) mass is 301 g/mol. The van der Waals surface area contributed by atoms with Crippen molar-refractivity contribution in [3.8, 4) is 0 Å². The molecule has 0 saturated heterocycles. The molecule has 0 amide bonds. The SMILES string of the molecule is CNc1ccccc1C=NN(c1ccccc1)c1ccccc1. The van der Waals surface area contributed by atoms with E-state index >= 15 is 0 Å². The Morgan fingerprint density at radius 3 is 1.83 bits per heavy atom. The minimum absolute atomic E-state index is 1.02. The number of nitrogens with one attached hydrogen (secondary N) is 1. The molecule has 0 aliphatic carbocycles. The molecule has 0 radical (unpaired) electrons. The lowest BCUT2D eigenvalue weighted by Crippen LogP contribution is -2.09. The molecule has 0 bridgehead atoms. The second-order valence-corrected chi connectivity index (χ2v) is 5.06. The van der Waals surface area contributed by atoms with Crippen LogP contribution in [0.1, 0.15) is 5.56 Å². The second-order valence-electron chi connectivity index (χ2n) is 5.06. The Bertz CT molecular complexity index is 728. The van der Waals surface area contributed by atoms with Gasteiger partial charge < -0.3 is 5.32 Å². The highest BCUT2D eigenvalue weighted by molar-refractivity contribution is 5.88. The van der Waals surface area contributed by atoms with Gasteiger partial charge in [-0.05, 0) is 30.3 Å². The fourth-order valence-corrected chi connectivity index (χ4v) is 2.38. The lowest BCUT2D eigenvalue weighted by Gasteiger charge is -2.19. The van der Waals surface area contributed by atoms with E-state index in [2.05, 4.69) is 5.32 Å². The largest absolute Gasteiger partial charge is 0.388 e. The van der Waals surface area contributed by atoms with Crippen molar-refractivity contribution < 1.29 is 0 Å². The van der Waals surface area contributed by atoms with E-state index in [1.54, 1.807) is 0 Å². The summed E-state index contributed by atoms with van der Waals surface area (Å²) < 4.78 is 0. The van der Waals surface area contributed by atoms with Crippen molar-refractivity contribution in [2.24, 2.45) is 5.10 Å². The van der Waals surface area contributed by atoms with Gasteiger partial charge in [-0.3, -0.25) is 0 Å². The van der Waals surface area contributed by atoms with Gasteiger partial charge in [0.1, 0.15) is 0 Å². The number of benzene rings is 3. The number of hydrazone groups is 1. The minimum Gasteiger partial charge on any atom is -0.388 e. The zero-order valence-corrected chi connectivity index (χ0v) is 13.1. The Morgan fingerprint density at radius 1 is 0.739 bits per heavy atom. The number of nitrogens with zero attached hydrogens (tertiary/aromatic N) is 2. The van der Waals surface area contributed by atoms with Crippen LogP contribution in [-0.2, 0) is 0 Å². The topological polar surface area (TPSA) is 27.6 Å². The molecular weight excluding hydrogens is 282 g/mol. The molecule has 3 rings (SSSR count). The number of rotatable bonds is 5. The molecule has 3 heteroatoms. The molecule has 1 N–H and O–H groups in total. The first-order valence-electron chi connectivity index (χ1n) is 7.59. The molecule has 0 aromatic heterocycles. The Hall–Kier alpha value is -3.07. The fourth-order valence-electron chi connectivity index (χ4n) is 2.38. The van der Waals surface area contributed by atoms with Gasteiger partial charge in [0.25, 0.3) is 0 Å². The van der Waals surface area contributed by atoms with Crippen molar-refractivity contribution in [2.45, 2.75) is 0 Å². The van der Waals surface area contributed by atoms with Crippen LogP contribution in [0.5, 0.6) is 0 Å². The molecule has 0 atom stereocenters. The highest BCUT2D eigenvalue weighted by Crippen LogP contribution is 2.25. The Kier molecular flexibility index (Phi) is 4.69. The first kappa shape index (κ1) is 14.9. The van der Waals surface area contributed by atoms with Gasteiger partial charge in [-0.25, -0.2) is 5.01 Å². The van der Waals surface area contributed by atoms with Crippen molar-refractivity contribution in [1.29, 1.82) is 0 Å². The van der Waals surface area contributed by atoms with Crippen molar-refractivity contribution in [2.75, 3.05) is 17.4 Å². The summed E-state index contributed by atoms with van der Waals surface area (Å²) in [5.41, 5.74) is 4.15. The molecule has 3 nitrogen and oxygen atoms in total. The van der Waals surface area contributed by atoms with Gasteiger partial charge in [-0.15, -0.1) is 0 Å². The van der Waals surface area contributed by atoms with E-state index < -0.39 is 0 Å².